The van der Waals surface area contributed by atoms with Crippen molar-refractivity contribution in [2.45, 2.75) is 6.92 Å². The SMILES string of the molecule is Cc1nccn1-c1ccc(F)cc1C=O. The molecule has 0 fully saturated rings. The molecule has 0 unspecified atom stereocenters. The molecule has 0 aliphatic rings. The van der Waals surface area contributed by atoms with Gasteiger partial charge in [-0.2, -0.15) is 0 Å². The van der Waals surface area contributed by atoms with Crippen molar-refractivity contribution in [3.05, 3.63) is 47.8 Å². The molecule has 2 rings (SSSR count). The molecule has 0 N–H and O–H groups in total. The number of aromatic nitrogens is 2. The second-order valence-electron chi connectivity index (χ2n) is 3.17. The first-order chi connectivity index (χ1) is 7.22. The van der Waals surface area contributed by atoms with Crippen molar-refractivity contribution < 1.29 is 9.18 Å². The molecular formula is C11H9FN2O. The Labute approximate surface area is 86.2 Å². The lowest BCUT2D eigenvalue weighted by molar-refractivity contribution is 0.112. The number of aryl methyl sites for hydroxylation is 1. The molecule has 1 heterocycles. The van der Waals surface area contributed by atoms with E-state index >= 15 is 0 Å². The standard InChI is InChI=1S/C11H9FN2O/c1-8-13-4-5-14(8)11-3-2-10(12)6-9(11)7-15/h2-7H,1H3. The predicted molar refractivity (Wildman–Crippen MR) is 53.6 cm³/mol. The van der Waals surface area contributed by atoms with E-state index < -0.39 is 5.82 Å². The number of imidazole rings is 1. The van der Waals surface area contributed by atoms with Crippen LogP contribution in [0.1, 0.15) is 16.2 Å². The number of hydrogen-bond donors (Lipinski definition) is 0. The quantitative estimate of drug-likeness (QED) is 0.702. The van der Waals surface area contributed by atoms with E-state index in [2.05, 4.69) is 4.98 Å². The number of nitrogens with zero attached hydrogens (tertiary/aromatic N) is 2. The normalized spacial score (nSPS) is 10.3. The van der Waals surface area contributed by atoms with Crippen LogP contribution in [-0.4, -0.2) is 15.8 Å². The van der Waals surface area contributed by atoms with E-state index in [0.717, 1.165) is 5.82 Å². The zero-order chi connectivity index (χ0) is 10.8. The van der Waals surface area contributed by atoms with Crippen molar-refractivity contribution in [2.24, 2.45) is 0 Å². The highest BCUT2D eigenvalue weighted by Gasteiger charge is 2.07. The Hall–Kier alpha value is -1.97. The van der Waals surface area contributed by atoms with Crippen molar-refractivity contribution in [1.82, 2.24) is 9.55 Å². The molecule has 4 heteroatoms. The van der Waals surface area contributed by atoms with Crippen LogP contribution in [0.2, 0.25) is 0 Å². The summed E-state index contributed by atoms with van der Waals surface area (Å²) in [5.74, 6) is 0.336. The van der Waals surface area contributed by atoms with Gasteiger partial charge in [0.1, 0.15) is 11.6 Å². The lowest BCUT2D eigenvalue weighted by Crippen LogP contribution is -2.00. The Bertz CT molecular complexity index is 505. The number of aldehydes is 1. The Balaban J connectivity index is 2.63. The molecule has 1 aromatic heterocycles. The molecule has 0 amide bonds. The van der Waals surface area contributed by atoms with Gasteiger partial charge in [0.05, 0.1) is 5.69 Å². The van der Waals surface area contributed by atoms with E-state index in [0.29, 0.717) is 17.5 Å². The fourth-order valence-electron chi connectivity index (χ4n) is 1.47. The van der Waals surface area contributed by atoms with E-state index in [1.807, 2.05) is 6.92 Å². The Morgan fingerprint density at radius 2 is 2.27 bits per heavy atom. The first kappa shape index (κ1) is 9.58. The van der Waals surface area contributed by atoms with Gasteiger partial charge in [-0.25, -0.2) is 9.37 Å². The molecule has 1 aromatic carbocycles. The van der Waals surface area contributed by atoms with Crippen molar-refractivity contribution >= 4 is 6.29 Å². The topological polar surface area (TPSA) is 34.9 Å². The van der Waals surface area contributed by atoms with Crippen LogP contribution in [0.4, 0.5) is 4.39 Å². The van der Waals surface area contributed by atoms with Gasteiger partial charge in [0.25, 0.3) is 0 Å². The van der Waals surface area contributed by atoms with E-state index in [1.165, 1.54) is 12.1 Å². The van der Waals surface area contributed by atoms with Crippen LogP contribution in [0.25, 0.3) is 5.69 Å². The third kappa shape index (κ3) is 1.66. The summed E-state index contributed by atoms with van der Waals surface area (Å²) >= 11 is 0. The second kappa shape index (κ2) is 3.65. The fourth-order valence-corrected chi connectivity index (χ4v) is 1.47. The Morgan fingerprint density at radius 3 is 2.87 bits per heavy atom. The number of rotatable bonds is 2. The average Bonchev–Trinajstić information content (AvgIpc) is 2.64. The number of halogens is 1. The molecule has 0 aliphatic heterocycles. The van der Waals surface area contributed by atoms with Gasteiger partial charge in [0, 0.05) is 18.0 Å². The van der Waals surface area contributed by atoms with Gasteiger partial charge < -0.3 is 4.57 Å². The first-order valence-corrected chi connectivity index (χ1v) is 4.47. The molecule has 2 aromatic rings. The summed E-state index contributed by atoms with van der Waals surface area (Å²) in [6.45, 7) is 1.82. The Kier molecular flexibility index (Phi) is 2.33. The number of hydrogen-bond acceptors (Lipinski definition) is 2. The molecular weight excluding hydrogens is 195 g/mol. The van der Waals surface area contributed by atoms with Crippen LogP contribution >= 0.6 is 0 Å². The molecule has 3 nitrogen and oxygen atoms in total. The summed E-state index contributed by atoms with van der Waals surface area (Å²) in [7, 11) is 0. The minimum atomic E-state index is -0.418. The zero-order valence-electron chi connectivity index (χ0n) is 8.14. The van der Waals surface area contributed by atoms with Gasteiger partial charge in [0.2, 0.25) is 0 Å². The Morgan fingerprint density at radius 1 is 1.47 bits per heavy atom. The number of carbonyl (C=O) groups excluding carboxylic acids is 1. The van der Waals surface area contributed by atoms with Crippen molar-refractivity contribution in [3.8, 4) is 5.69 Å². The number of benzene rings is 1. The third-order valence-electron chi connectivity index (χ3n) is 2.20. The molecule has 0 saturated heterocycles. The zero-order valence-corrected chi connectivity index (χ0v) is 8.14. The van der Waals surface area contributed by atoms with Gasteiger partial charge in [-0.3, -0.25) is 4.79 Å². The first-order valence-electron chi connectivity index (χ1n) is 4.47. The lowest BCUT2D eigenvalue weighted by Gasteiger charge is -2.07. The molecule has 0 aliphatic carbocycles. The van der Waals surface area contributed by atoms with Crippen LogP contribution in [0.5, 0.6) is 0 Å². The highest BCUT2D eigenvalue weighted by molar-refractivity contribution is 5.80. The summed E-state index contributed by atoms with van der Waals surface area (Å²) in [5.41, 5.74) is 0.956. The maximum atomic E-state index is 12.9. The molecule has 15 heavy (non-hydrogen) atoms. The van der Waals surface area contributed by atoms with E-state index in [1.54, 1.807) is 23.0 Å². The highest BCUT2D eigenvalue weighted by atomic mass is 19.1. The summed E-state index contributed by atoms with van der Waals surface area (Å²) in [6.07, 6.45) is 4.00. The monoisotopic (exact) mass is 204 g/mol. The molecule has 0 saturated carbocycles. The lowest BCUT2D eigenvalue weighted by atomic mass is 10.2. The van der Waals surface area contributed by atoms with Gasteiger partial charge in [-0.05, 0) is 25.1 Å². The largest absolute Gasteiger partial charge is 0.303 e. The van der Waals surface area contributed by atoms with Gasteiger partial charge in [0.15, 0.2) is 6.29 Å². The third-order valence-corrected chi connectivity index (χ3v) is 2.20. The molecule has 76 valence electrons. The second-order valence-corrected chi connectivity index (χ2v) is 3.17. The average molecular weight is 204 g/mol. The fraction of sp³-hybridized carbons (Fsp3) is 0.0909. The number of carbonyl (C=O) groups is 1. The van der Waals surface area contributed by atoms with E-state index in [4.69, 9.17) is 0 Å². The molecule has 0 bridgehead atoms. The van der Waals surface area contributed by atoms with Crippen LogP contribution in [0.3, 0.4) is 0 Å². The predicted octanol–water partition coefficient (Wildman–Crippen LogP) is 2.13. The van der Waals surface area contributed by atoms with Crippen molar-refractivity contribution in [3.63, 3.8) is 0 Å². The summed E-state index contributed by atoms with van der Waals surface area (Å²) in [4.78, 5) is 14.8. The molecule has 0 spiro atoms. The van der Waals surface area contributed by atoms with Gasteiger partial charge in [-0.1, -0.05) is 0 Å². The molecule has 0 atom stereocenters. The van der Waals surface area contributed by atoms with Crippen LogP contribution in [-0.2, 0) is 0 Å². The summed E-state index contributed by atoms with van der Waals surface area (Å²) < 4.78 is 14.6. The van der Waals surface area contributed by atoms with Crippen molar-refractivity contribution in [1.29, 1.82) is 0 Å². The van der Waals surface area contributed by atoms with E-state index in [-0.39, 0.29) is 0 Å². The maximum Gasteiger partial charge on any atom is 0.152 e. The van der Waals surface area contributed by atoms with Crippen LogP contribution < -0.4 is 0 Å². The minimum absolute atomic E-state index is 0.316. The molecule has 0 radical (unpaired) electrons. The van der Waals surface area contributed by atoms with Gasteiger partial charge in [-0.15, -0.1) is 0 Å². The van der Waals surface area contributed by atoms with Crippen LogP contribution in [0, 0.1) is 12.7 Å². The minimum Gasteiger partial charge on any atom is -0.303 e. The van der Waals surface area contributed by atoms with E-state index in [9.17, 15) is 9.18 Å². The maximum absolute atomic E-state index is 12.9. The smallest absolute Gasteiger partial charge is 0.152 e. The van der Waals surface area contributed by atoms with Gasteiger partial charge >= 0.3 is 0 Å². The van der Waals surface area contributed by atoms with Crippen LogP contribution in [0.15, 0.2) is 30.6 Å². The van der Waals surface area contributed by atoms with Crippen molar-refractivity contribution in [2.75, 3.05) is 0 Å². The highest BCUT2D eigenvalue weighted by Crippen LogP contribution is 2.15. The summed E-state index contributed by atoms with van der Waals surface area (Å²) in [5, 5.41) is 0. The summed E-state index contributed by atoms with van der Waals surface area (Å²) in [6, 6.07) is 4.09.